The van der Waals surface area contributed by atoms with Crippen LogP contribution in [0.4, 0.5) is 0 Å². The van der Waals surface area contributed by atoms with Crippen molar-refractivity contribution in [2.45, 2.75) is 33.7 Å². The second-order valence-corrected chi connectivity index (χ2v) is 6.44. The van der Waals surface area contributed by atoms with Crippen molar-refractivity contribution < 1.29 is 9.26 Å². The molecule has 2 aromatic heterocycles. The molecule has 3 rings (SSSR count). The minimum atomic E-state index is 0.537. The maximum Gasteiger partial charge on any atom is 0.241 e. The lowest BCUT2D eigenvalue weighted by atomic mass is 9.92. The molecule has 0 aliphatic carbocycles. The molecule has 23 heavy (non-hydrogen) atoms. The Hall–Kier alpha value is -1.95. The summed E-state index contributed by atoms with van der Waals surface area (Å²) in [6.45, 7) is 9.94. The average molecular weight is 316 g/mol. The van der Waals surface area contributed by atoms with Crippen LogP contribution in [0.25, 0.3) is 11.4 Å². The van der Waals surface area contributed by atoms with Crippen LogP contribution in [0.3, 0.4) is 0 Å². The van der Waals surface area contributed by atoms with Gasteiger partial charge in [-0.1, -0.05) is 19.0 Å². The number of likely N-dealkylation sites (tertiary alicyclic amines) is 1. The maximum absolute atomic E-state index is 5.54. The molecule has 0 N–H and O–H groups in total. The van der Waals surface area contributed by atoms with Gasteiger partial charge in [-0.15, -0.1) is 0 Å². The van der Waals surface area contributed by atoms with E-state index in [1.165, 1.54) is 6.42 Å². The summed E-state index contributed by atoms with van der Waals surface area (Å²) in [5, 5.41) is 4.10. The second kappa shape index (κ2) is 7.08. The molecule has 3 heterocycles. The molecule has 2 atom stereocenters. The summed E-state index contributed by atoms with van der Waals surface area (Å²) < 4.78 is 11.0. The van der Waals surface area contributed by atoms with Gasteiger partial charge >= 0.3 is 0 Å². The van der Waals surface area contributed by atoms with Crippen molar-refractivity contribution in [3.63, 3.8) is 0 Å². The fourth-order valence-corrected chi connectivity index (χ4v) is 3.35. The van der Waals surface area contributed by atoms with Gasteiger partial charge in [0.2, 0.25) is 17.6 Å². The van der Waals surface area contributed by atoms with Gasteiger partial charge in [0.15, 0.2) is 0 Å². The largest absolute Gasteiger partial charge is 0.477 e. The number of piperidine rings is 1. The van der Waals surface area contributed by atoms with Crippen LogP contribution in [0, 0.1) is 11.8 Å². The van der Waals surface area contributed by atoms with Crippen LogP contribution >= 0.6 is 0 Å². The first kappa shape index (κ1) is 15.9. The van der Waals surface area contributed by atoms with Gasteiger partial charge in [-0.2, -0.15) is 4.98 Å². The van der Waals surface area contributed by atoms with Gasteiger partial charge < -0.3 is 9.26 Å². The van der Waals surface area contributed by atoms with E-state index in [-0.39, 0.29) is 0 Å². The van der Waals surface area contributed by atoms with Crippen LogP contribution < -0.4 is 4.74 Å². The summed E-state index contributed by atoms with van der Waals surface area (Å²) in [6, 6.07) is 3.75. The van der Waals surface area contributed by atoms with Crippen molar-refractivity contribution in [1.29, 1.82) is 0 Å². The highest BCUT2D eigenvalue weighted by molar-refractivity contribution is 5.60. The predicted octanol–water partition coefficient (Wildman–Crippen LogP) is 3.01. The third-order valence-corrected chi connectivity index (χ3v) is 4.06. The minimum absolute atomic E-state index is 0.537. The third kappa shape index (κ3) is 3.88. The standard InChI is InChI=1S/C17H24N4O2/c1-4-22-17-14(6-5-7-18-17)16-19-15(23-20-16)11-21-9-12(2)8-13(3)10-21/h5-7,12-13H,4,8-11H2,1-3H3/t12-,13-/m0/s1. The molecular weight excluding hydrogens is 292 g/mol. The SMILES string of the molecule is CCOc1ncccc1-c1noc(CN2C[C@@H](C)C[C@H](C)C2)n1. The summed E-state index contributed by atoms with van der Waals surface area (Å²) >= 11 is 0. The van der Waals surface area contributed by atoms with Gasteiger partial charge in [0.25, 0.3) is 0 Å². The molecule has 0 spiro atoms. The van der Waals surface area contributed by atoms with Crippen molar-refractivity contribution in [3.8, 4) is 17.3 Å². The molecular formula is C17H24N4O2. The summed E-state index contributed by atoms with van der Waals surface area (Å²) in [6.07, 6.45) is 2.99. The lowest BCUT2D eigenvalue weighted by molar-refractivity contribution is 0.121. The molecule has 6 nitrogen and oxygen atoms in total. The number of aromatic nitrogens is 3. The smallest absolute Gasteiger partial charge is 0.241 e. The van der Waals surface area contributed by atoms with E-state index >= 15 is 0 Å². The molecule has 0 radical (unpaired) electrons. The van der Waals surface area contributed by atoms with E-state index in [0.717, 1.165) is 18.7 Å². The molecule has 0 amide bonds. The van der Waals surface area contributed by atoms with Crippen molar-refractivity contribution >= 4 is 0 Å². The van der Waals surface area contributed by atoms with Crippen molar-refractivity contribution in [2.75, 3.05) is 19.7 Å². The minimum Gasteiger partial charge on any atom is -0.477 e. The summed E-state index contributed by atoms with van der Waals surface area (Å²) in [5.74, 6) is 3.15. The fourth-order valence-electron chi connectivity index (χ4n) is 3.35. The summed E-state index contributed by atoms with van der Waals surface area (Å²) in [5.41, 5.74) is 0.768. The highest BCUT2D eigenvalue weighted by atomic mass is 16.5. The number of hydrogen-bond acceptors (Lipinski definition) is 6. The van der Waals surface area contributed by atoms with E-state index in [1.807, 2.05) is 19.1 Å². The van der Waals surface area contributed by atoms with Gasteiger partial charge in [-0.3, -0.25) is 4.90 Å². The Kier molecular flexibility index (Phi) is 4.91. The van der Waals surface area contributed by atoms with E-state index in [0.29, 0.717) is 42.6 Å². The highest BCUT2D eigenvalue weighted by Crippen LogP contribution is 2.26. The van der Waals surface area contributed by atoms with E-state index in [9.17, 15) is 0 Å². The fraction of sp³-hybridized carbons (Fsp3) is 0.588. The predicted molar refractivity (Wildman–Crippen MR) is 86.9 cm³/mol. The first-order valence-corrected chi connectivity index (χ1v) is 8.28. The lowest BCUT2D eigenvalue weighted by Crippen LogP contribution is -2.38. The molecule has 2 aromatic rings. The topological polar surface area (TPSA) is 64.3 Å². The first-order chi connectivity index (χ1) is 11.2. The Morgan fingerprint density at radius 3 is 2.83 bits per heavy atom. The van der Waals surface area contributed by atoms with Crippen molar-refractivity contribution in [2.24, 2.45) is 11.8 Å². The molecule has 0 aromatic carbocycles. The van der Waals surface area contributed by atoms with Crippen LogP contribution in [0.1, 0.15) is 33.1 Å². The first-order valence-electron chi connectivity index (χ1n) is 8.28. The normalized spacial score (nSPS) is 22.2. The Bertz CT molecular complexity index is 633. The highest BCUT2D eigenvalue weighted by Gasteiger charge is 2.24. The van der Waals surface area contributed by atoms with E-state index < -0.39 is 0 Å². The molecule has 124 valence electrons. The number of ether oxygens (including phenoxy) is 1. The summed E-state index contributed by atoms with van der Waals surface area (Å²) in [7, 11) is 0. The molecule has 0 bridgehead atoms. The van der Waals surface area contributed by atoms with Crippen LogP contribution in [-0.2, 0) is 6.54 Å². The Balaban J connectivity index is 1.73. The Morgan fingerprint density at radius 1 is 1.30 bits per heavy atom. The van der Waals surface area contributed by atoms with Crippen LogP contribution in [0.2, 0.25) is 0 Å². The van der Waals surface area contributed by atoms with Gasteiger partial charge in [0.05, 0.1) is 18.7 Å². The van der Waals surface area contributed by atoms with Crippen LogP contribution in [-0.4, -0.2) is 39.7 Å². The maximum atomic E-state index is 5.54. The average Bonchev–Trinajstić information content (AvgIpc) is 2.95. The number of pyridine rings is 1. The zero-order valence-electron chi connectivity index (χ0n) is 14.0. The van der Waals surface area contributed by atoms with Gasteiger partial charge in [-0.05, 0) is 37.3 Å². The molecule has 1 aliphatic rings. The van der Waals surface area contributed by atoms with E-state index in [2.05, 4.69) is 33.9 Å². The lowest BCUT2D eigenvalue weighted by Gasteiger charge is -2.33. The van der Waals surface area contributed by atoms with Gasteiger partial charge in [-0.25, -0.2) is 4.98 Å². The summed E-state index contributed by atoms with van der Waals surface area (Å²) in [4.78, 5) is 11.2. The van der Waals surface area contributed by atoms with Crippen LogP contribution in [0.5, 0.6) is 5.88 Å². The van der Waals surface area contributed by atoms with Crippen molar-refractivity contribution in [1.82, 2.24) is 20.0 Å². The molecule has 1 saturated heterocycles. The van der Waals surface area contributed by atoms with Gasteiger partial charge in [0.1, 0.15) is 0 Å². The third-order valence-electron chi connectivity index (χ3n) is 4.06. The Morgan fingerprint density at radius 2 is 2.09 bits per heavy atom. The van der Waals surface area contributed by atoms with Gasteiger partial charge in [0, 0.05) is 19.3 Å². The number of nitrogens with zero attached hydrogens (tertiary/aromatic N) is 4. The van der Waals surface area contributed by atoms with Crippen molar-refractivity contribution in [3.05, 3.63) is 24.2 Å². The number of rotatable bonds is 5. The monoisotopic (exact) mass is 316 g/mol. The molecule has 0 saturated carbocycles. The zero-order valence-corrected chi connectivity index (χ0v) is 14.0. The number of hydrogen-bond donors (Lipinski definition) is 0. The van der Waals surface area contributed by atoms with E-state index in [4.69, 9.17) is 9.26 Å². The molecule has 1 fully saturated rings. The van der Waals surface area contributed by atoms with Crippen LogP contribution in [0.15, 0.2) is 22.9 Å². The Labute approximate surface area is 136 Å². The quantitative estimate of drug-likeness (QED) is 0.845. The zero-order chi connectivity index (χ0) is 16.2. The van der Waals surface area contributed by atoms with E-state index in [1.54, 1.807) is 6.20 Å². The second-order valence-electron chi connectivity index (χ2n) is 6.44. The molecule has 6 heteroatoms. The molecule has 0 unspecified atom stereocenters. The molecule has 1 aliphatic heterocycles.